The zero-order valence-corrected chi connectivity index (χ0v) is 14.8. The smallest absolute Gasteiger partial charge is 0.315 e. The molecule has 1 saturated carbocycles. The fourth-order valence-corrected chi connectivity index (χ4v) is 3.45. The molecule has 0 aliphatic heterocycles. The van der Waals surface area contributed by atoms with Crippen molar-refractivity contribution in [1.82, 2.24) is 20.2 Å². The summed E-state index contributed by atoms with van der Waals surface area (Å²) in [5.74, 6) is 0. The second-order valence-electron chi connectivity index (χ2n) is 6.92. The lowest BCUT2D eigenvalue weighted by Crippen LogP contribution is -2.42. The van der Waals surface area contributed by atoms with E-state index in [4.69, 9.17) is 0 Å². The standard InChI is InChI=1S/C20H28N4O/c25-20(23-19-9-4-2-1-3-5-10-19)22-14-17-7-6-8-18(13-17)15-24-12-11-21-16-24/h6-8,11-13,16,19H,1-5,9-10,14-15H2,(H2,22,23,25). The van der Waals surface area contributed by atoms with Crippen molar-refractivity contribution in [2.24, 2.45) is 0 Å². The maximum atomic E-state index is 12.2. The van der Waals surface area contributed by atoms with Gasteiger partial charge in [0.05, 0.1) is 6.33 Å². The van der Waals surface area contributed by atoms with Crippen LogP contribution >= 0.6 is 0 Å². The van der Waals surface area contributed by atoms with E-state index in [0.717, 1.165) is 24.9 Å². The monoisotopic (exact) mass is 340 g/mol. The van der Waals surface area contributed by atoms with Gasteiger partial charge < -0.3 is 15.2 Å². The van der Waals surface area contributed by atoms with E-state index < -0.39 is 0 Å². The molecular weight excluding hydrogens is 312 g/mol. The summed E-state index contributed by atoms with van der Waals surface area (Å²) in [6.45, 7) is 1.35. The summed E-state index contributed by atoms with van der Waals surface area (Å²) in [4.78, 5) is 16.3. The molecule has 0 spiro atoms. The number of hydrogen-bond acceptors (Lipinski definition) is 2. The van der Waals surface area contributed by atoms with Crippen LogP contribution in [-0.2, 0) is 13.1 Å². The first-order valence-corrected chi connectivity index (χ1v) is 9.37. The lowest BCUT2D eigenvalue weighted by Gasteiger charge is -2.21. The molecule has 0 bridgehead atoms. The summed E-state index contributed by atoms with van der Waals surface area (Å²) in [5, 5.41) is 6.14. The summed E-state index contributed by atoms with van der Waals surface area (Å²) >= 11 is 0. The summed E-state index contributed by atoms with van der Waals surface area (Å²) in [6.07, 6.45) is 14.1. The van der Waals surface area contributed by atoms with Crippen molar-refractivity contribution in [2.45, 2.75) is 64.1 Å². The minimum Gasteiger partial charge on any atom is -0.335 e. The van der Waals surface area contributed by atoms with Crippen LogP contribution in [-0.4, -0.2) is 21.6 Å². The van der Waals surface area contributed by atoms with E-state index in [1.54, 1.807) is 6.20 Å². The molecular formula is C20H28N4O. The normalized spacial score (nSPS) is 16.0. The Bertz CT molecular complexity index is 645. The van der Waals surface area contributed by atoms with Crippen LogP contribution in [0.15, 0.2) is 43.0 Å². The Morgan fingerprint density at radius 2 is 1.88 bits per heavy atom. The van der Waals surface area contributed by atoms with Gasteiger partial charge in [-0.15, -0.1) is 0 Å². The number of rotatable bonds is 5. The third kappa shape index (κ3) is 5.93. The second-order valence-corrected chi connectivity index (χ2v) is 6.92. The number of amides is 2. The zero-order valence-electron chi connectivity index (χ0n) is 14.8. The minimum atomic E-state index is -0.0504. The van der Waals surface area contributed by atoms with Crippen LogP contribution in [0.2, 0.25) is 0 Å². The lowest BCUT2D eigenvalue weighted by atomic mass is 9.97. The number of imidazole rings is 1. The van der Waals surface area contributed by atoms with Gasteiger partial charge in [-0.3, -0.25) is 0 Å². The molecule has 0 saturated heterocycles. The molecule has 3 rings (SSSR count). The SMILES string of the molecule is O=C(NCc1cccc(Cn2ccnc2)c1)NC1CCCCCCC1. The first-order chi connectivity index (χ1) is 12.3. The minimum absolute atomic E-state index is 0.0504. The molecule has 0 radical (unpaired) electrons. The first-order valence-electron chi connectivity index (χ1n) is 9.37. The molecule has 5 heteroatoms. The Hall–Kier alpha value is -2.30. The molecule has 2 amide bonds. The number of nitrogens with zero attached hydrogens (tertiary/aromatic N) is 2. The number of hydrogen-bond donors (Lipinski definition) is 2. The Labute approximate surface area is 149 Å². The van der Waals surface area contributed by atoms with Crippen LogP contribution < -0.4 is 10.6 Å². The van der Waals surface area contributed by atoms with Crippen LogP contribution in [0.5, 0.6) is 0 Å². The average Bonchev–Trinajstić information content (AvgIpc) is 3.09. The van der Waals surface area contributed by atoms with E-state index in [1.807, 2.05) is 29.2 Å². The lowest BCUT2D eigenvalue weighted by molar-refractivity contribution is 0.233. The Morgan fingerprint density at radius 3 is 2.64 bits per heavy atom. The van der Waals surface area contributed by atoms with E-state index in [1.165, 1.54) is 37.7 Å². The van der Waals surface area contributed by atoms with Crippen LogP contribution in [0.4, 0.5) is 4.79 Å². The van der Waals surface area contributed by atoms with Gasteiger partial charge in [0.2, 0.25) is 0 Å². The van der Waals surface area contributed by atoms with Crippen LogP contribution in [0.25, 0.3) is 0 Å². The van der Waals surface area contributed by atoms with E-state index in [2.05, 4.69) is 27.8 Å². The maximum absolute atomic E-state index is 12.2. The third-order valence-electron chi connectivity index (χ3n) is 4.81. The number of nitrogens with one attached hydrogen (secondary N) is 2. The van der Waals surface area contributed by atoms with Crippen LogP contribution in [0, 0.1) is 0 Å². The molecule has 1 aromatic carbocycles. The van der Waals surface area contributed by atoms with Crippen LogP contribution in [0.3, 0.4) is 0 Å². The van der Waals surface area contributed by atoms with Gasteiger partial charge in [0.1, 0.15) is 0 Å². The number of carbonyl (C=O) groups is 1. The molecule has 1 aliphatic carbocycles. The molecule has 0 unspecified atom stereocenters. The van der Waals surface area contributed by atoms with E-state index >= 15 is 0 Å². The summed E-state index contributed by atoms with van der Waals surface area (Å²) in [5.41, 5.74) is 2.32. The Kier molecular flexibility index (Phi) is 6.48. The van der Waals surface area contributed by atoms with Gasteiger partial charge in [-0.2, -0.15) is 0 Å². The molecule has 0 atom stereocenters. The molecule has 25 heavy (non-hydrogen) atoms. The highest BCUT2D eigenvalue weighted by Crippen LogP contribution is 2.17. The van der Waals surface area contributed by atoms with Crippen molar-refractivity contribution in [1.29, 1.82) is 0 Å². The fraction of sp³-hybridized carbons (Fsp3) is 0.500. The topological polar surface area (TPSA) is 59.0 Å². The Morgan fingerprint density at radius 1 is 1.12 bits per heavy atom. The van der Waals surface area contributed by atoms with Crippen molar-refractivity contribution >= 4 is 6.03 Å². The van der Waals surface area contributed by atoms with Gasteiger partial charge in [-0.05, 0) is 24.0 Å². The van der Waals surface area contributed by atoms with Crippen molar-refractivity contribution < 1.29 is 4.79 Å². The van der Waals surface area contributed by atoms with Crippen molar-refractivity contribution in [3.63, 3.8) is 0 Å². The van der Waals surface area contributed by atoms with Crippen LogP contribution in [0.1, 0.15) is 56.1 Å². The molecule has 1 aliphatic rings. The van der Waals surface area contributed by atoms with E-state index in [9.17, 15) is 4.79 Å². The molecule has 1 aromatic heterocycles. The average molecular weight is 340 g/mol. The van der Waals surface area contributed by atoms with Crippen molar-refractivity contribution in [2.75, 3.05) is 0 Å². The predicted octanol–water partition coefficient (Wildman–Crippen LogP) is 3.84. The fourth-order valence-electron chi connectivity index (χ4n) is 3.45. The highest BCUT2D eigenvalue weighted by atomic mass is 16.2. The first kappa shape index (κ1) is 17.5. The highest BCUT2D eigenvalue weighted by molar-refractivity contribution is 5.74. The third-order valence-corrected chi connectivity index (χ3v) is 4.81. The quantitative estimate of drug-likeness (QED) is 0.869. The number of urea groups is 1. The van der Waals surface area contributed by atoms with Crippen molar-refractivity contribution in [3.05, 3.63) is 54.1 Å². The van der Waals surface area contributed by atoms with Gasteiger partial charge in [0.15, 0.2) is 0 Å². The number of carbonyl (C=O) groups excluding carboxylic acids is 1. The summed E-state index contributed by atoms with van der Waals surface area (Å²) in [7, 11) is 0. The molecule has 1 fully saturated rings. The predicted molar refractivity (Wildman–Crippen MR) is 99.2 cm³/mol. The van der Waals surface area contributed by atoms with Gasteiger partial charge in [-0.1, -0.05) is 56.4 Å². The largest absolute Gasteiger partial charge is 0.335 e. The number of benzene rings is 1. The molecule has 134 valence electrons. The molecule has 1 heterocycles. The van der Waals surface area contributed by atoms with Gasteiger partial charge in [-0.25, -0.2) is 9.78 Å². The second kappa shape index (κ2) is 9.25. The van der Waals surface area contributed by atoms with Crippen molar-refractivity contribution in [3.8, 4) is 0 Å². The van der Waals surface area contributed by atoms with E-state index in [-0.39, 0.29) is 6.03 Å². The maximum Gasteiger partial charge on any atom is 0.315 e. The van der Waals surface area contributed by atoms with Gasteiger partial charge in [0.25, 0.3) is 0 Å². The summed E-state index contributed by atoms with van der Waals surface area (Å²) < 4.78 is 2.04. The van der Waals surface area contributed by atoms with E-state index in [0.29, 0.717) is 12.6 Å². The number of aromatic nitrogens is 2. The summed E-state index contributed by atoms with van der Waals surface area (Å²) in [6, 6.07) is 8.59. The molecule has 2 aromatic rings. The van der Waals surface area contributed by atoms with Gasteiger partial charge in [0, 0.05) is 31.5 Å². The zero-order chi connectivity index (χ0) is 17.3. The Balaban J connectivity index is 1.46. The molecule has 5 nitrogen and oxygen atoms in total. The van der Waals surface area contributed by atoms with Gasteiger partial charge >= 0.3 is 6.03 Å². The highest BCUT2D eigenvalue weighted by Gasteiger charge is 2.13. The molecule has 2 N–H and O–H groups in total.